The molecule has 0 aliphatic heterocycles. The van der Waals surface area contributed by atoms with Crippen LogP contribution >= 0.6 is 11.8 Å². The second-order valence-corrected chi connectivity index (χ2v) is 6.57. The summed E-state index contributed by atoms with van der Waals surface area (Å²) in [5, 5.41) is 12.0. The Bertz CT molecular complexity index is 487. The number of hydrogen-bond acceptors (Lipinski definition) is 3. The van der Waals surface area contributed by atoms with Crippen LogP contribution in [0.15, 0.2) is 18.2 Å². The van der Waals surface area contributed by atoms with Crippen LogP contribution in [0.2, 0.25) is 0 Å². The molecule has 5 heteroatoms. The number of benzene rings is 1. The average Bonchev–Trinajstić information content (AvgIpc) is 2.46. The van der Waals surface area contributed by atoms with Gasteiger partial charge in [0.2, 0.25) is 0 Å². The van der Waals surface area contributed by atoms with E-state index in [-0.39, 0.29) is 16.1 Å². The molecule has 2 rings (SSSR count). The quantitative estimate of drug-likeness (QED) is 0.896. The summed E-state index contributed by atoms with van der Waals surface area (Å²) >= 11 is 1.79. The van der Waals surface area contributed by atoms with Crippen molar-refractivity contribution in [3.8, 4) is 5.75 Å². The smallest absolute Gasteiger partial charge is 0.254 e. The minimum Gasteiger partial charge on any atom is -0.508 e. The van der Waals surface area contributed by atoms with Crippen LogP contribution in [0.25, 0.3) is 0 Å². The van der Waals surface area contributed by atoms with E-state index in [4.69, 9.17) is 5.11 Å². The zero-order valence-corrected chi connectivity index (χ0v) is 12.4. The fraction of sp³-hybridized carbons (Fsp3) is 0.533. The Kier molecular flexibility index (Phi) is 4.91. The number of halogens is 1. The van der Waals surface area contributed by atoms with Crippen LogP contribution in [0.1, 0.15) is 42.5 Å². The van der Waals surface area contributed by atoms with Crippen molar-refractivity contribution in [1.29, 1.82) is 0 Å². The summed E-state index contributed by atoms with van der Waals surface area (Å²) in [5.41, 5.74) is -0.0186. The fourth-order valence-electron chi connectivity index (χ4n) is 2.67. The fourth-order valence-corrected chi connectivity index (χ4v) is 3.59. The number of amides is 1. The molecule has 20 heavy (non-hydrogen) atoms. The summed E-state index contributed by atoms with van der Waals surface area (Å²) in [7, 11) is 0. The number of phenolic OH excluding ortho intramolecular Hbond substituents is 1. The van der Waals surface area contributed by atoms with E-state index in [1.807, 2.05) is 0 Å². The predicted octanol–water partition coefficient (Wildman–Crippen LogP) is 3.33. The summed E-state index contributed by atoms with van der Waals surface area (Å²) in [6.45, 7) is 0.563. The number of nitrogens with one attached hydrogen (secondary N) is 1. The summed E-state index contributed by atoms with van der Waals surface area (Å²) < 4.78 is 13.7. The zero-order chi connectivity index (χ0) is 14.6. The number of aromatic hydroxyl groups is 1. The van der Waals surface area contributed by atoms with Gasteiger partial charge >= 0.3 is 0 Å². The van der Waals surface area contributed by atoms with E-state index < -0.39 is 11.7 Å². The number of carbonyl (C=O) groups is 1. The van der Waals surface area contributed by atoms with Crippen molar-refractivity contribution in [2.24, 2.45) is 0 Å². The molecular formula is C15H20FNO2S. The second kappa shape index (κ2) is 6.48. The number of hydrogen-bond donors (Lipinski definition) is 2. The van der Waals surface area contributed by atoms with Gasteiger partial charge in [0.05, 0.1) is 5.56 Å². The predicted molar refractivity (Wildman–Crippen MR) is 79.7 cm³/mol. The maximum Gasteiger partial charge on any atom is 0.254 e. The van der Waals surface area contributed by atoms with Crippen molar-refractivity contribution >= 4 is 17.7 Å². The molecule has 0 bridgehead atoms. The summed E-state index contributed by atoms with van der Waals surface area (Å²) in [5.74, 6) is -1.28. The van der Waals surface area contributed by atoms with E-state index >= 15 is 0 Å². The Hall–Kier alpha value is -1.23. The molecule has 0 heterocycles. The van der Waals surface area contributed by atoms with Crippen molar-refractivity contribution in [3.63, 3.8) is 0 Å². The maximum absolute atomic E-state index is 13.6. The molecule has 1 aromatic carbocycles. The first-order chi connectivity index (χ1) is 9.56. The Morgan fingerprint density at radius 3 is 2.70 bits per heavy atom. The van der Waals surface area contributed by atoms with Crippen molar-refractivity contribution in [1.82, 2.24) is 5.32 Å². The largest absolute Gasteiger partial charge is 0.508 e. The molecule has 1 fully saturated rings. The second-order valence-electron chi connectivity index (χ2n) is 5.29. The SMILES string of the molecule is CSC1(CNC(=O)c2ccc(O)cc2F)CCCCC1. The monoisotopic (exact) mass is 297 g/mol. The van der Waals surface area contributed by atoms with Crippen LogP contribution in [0.4, 0.5) is 4.39 Å². The van der Waals surface area contributed by atoms with Gasteiger partial charge in [-0.05, 0) is 31.2 Å². The normalized spacial score (nSPS) is 17.7. The standard InChI is InChI=1S/C15H20FNO2S/c1-20-15(7-3-2-4-8-15)10-17-14(19)12-6-5-11(18)9-13(12)16/h5-6,9,18H,2-4,7-8,10H2,1H3,(H,17,19). The van der Waals surface area contributed by atoms with Crippen LogP contribution in [0, 0.1) is 5.82 Å². The third-order valence-corrected chi connectivity index (χ3v) is 5.38. The van der Waals surface area contributed by atoms with Crippen molar-refractivity contribution in [2.75, 3.05) is 12.8 Å². The molecule has 0 atom stereocenters. The van der Waals surface area contributed by atoms with Gasteiger partial charge in [0.25, 0.3) is 5.91 Å². The number of carbonyl (C=O) groups excluding carboxylic acids is 1. The summed E-state index contributed by atoms with van der Waals surface area (Å²) in [6, 6.07) is 3.59. The Labute approximate surface area is 123 Å². The molecular weight excluding hydrogens is 277 g/mol. The van der Waals surface area contributed by atoms with E-state index in [0.29, 0.717) is 6.54 Å². The van der Waals surface area contributed by atoms with Crippen LogP contribution < -0.4 is 5.32 Å². The van der Waals surface area contributed by atoms with E-state index in [0.717, 1.165) is 18.9 Å². The first kappa shape index (κ1) is 15.2. The molecule has 0 radical (unpaired) electrons. The number of thioether (sulfide) groups is 1. The third-order valence-electron chi connectivity index (χ3n) is 3.97. The van der Waals surface area contributed by atoms with Gasteiger partial charge in [0.15, 0.2) is 0 Å². The molecule has 3 nitrogen and oxygen atoms in total. The van der Waals surface area contributed by atoms with Gasteiger partial charge in [-0.3, -0.25) is 4.79 Å². The van der Waals surface area contributed by atoms with E-state index in [2.05, 4.69) is 11.6 Å². The lowest BCUT2D eigenvalue weighted by Gasteiger charge is -2.35. The third kappa shape index (κ3) is 3.45. The van der Waals surface area contributed by atoms with Gasteiger partial charge in [0, 0.05) is 17.4 Å². The molecule has 1 amide bonds. The highest BCUT2D eigenvalue weighted by Crippen LogP contribution is 2.38. The molecule has 0 unspecified atom stereocenters. The van der Waals surface area contributed by atoms with Gasteiger partial charge in [-0.15, -0.1) is 0 Å². The van der Waals surface area contributed by atoms with Gasteiger partial charge in [-0.2, -0.15) is 11.8 Å². The van der Waals surface area contributed by atoms with Crippen molar-refractivity contribution in [2.45, 2.75) is 36.9 Å². The molecule has 2 N–H and O–H groups in total. The Morgan fingerprint density at radius 2 is 2.10 bits per heavy atom. The molecule has 0 saturated heterocycles. The summed E-state index contributed by atoms with van der Waals surface area (Å²) in [6.07, 6.45) is 7.87. The highest BCUT2D eigenvalue weighted by molar-refractivity contribution is 8.00. The van der Waals surface area contributed by atoms with Gasteiger partial charge in [-0.1, -0.05) is 19.3 Å². The molecule has 1 aromatic rings. The topological polar surface area (TPSA) is 49.3 Å². The minimum atomic E-state index is -0.690. The van der Waals surface area contributed by atoms with Crippen LogP contribution in [0.3, 0.4) is 0 Å². The van der Waals surface area contributed by atoms with E-state index in [1.54, 1.807) is 11.8 Å². The molecule has 0 aromatic heterocycles. The first-order valence-electron chi connectivity index (χ1n) is 6.88. The van der Waals surface area contributed by atoms with E-state index in [1.165, 1.54) is 31.4 Å². The molecule has 1 aliphatic carbocycles. The molecule has 1 aliphatic rings. The zero-order valence-electron chi connectivity index (χ0n) is 11.6. The van der Waals surface area contributed by atoms with Crippen LogP contribution in [-0.4, -0.2) is 28.6 Å². The van der Waals surface area contributed by atoms with E-state index in [9.17, 15) is 9.18 Å². The Balaban J connectivity index is 2.00. The molecule has 0 spiro atoms. The number of rotatable bonds is 4. The highest BCUT2D eigenvalue weighted by Gasteiger charge is 2.31. The van der Waals surface area contributed by atoms with Crippen molar-refractivity contribution < 1.29 is 14.3 Å². The number of phenols is 1. The van der Waals surface area contributed by atoms with Gasteiger partial charge in [0.1, 0.15) is 11.6 Å². The van der Waals surface area contributed by atoms with Gasteiger partial charge < -0.3 is 10.4 Å². The summed E-state index contributed by atoms with van der Waals surface area (Å²) in [4.78, 5) is 12.0. The Morgan fingerprint density at radius 1 is 1.40 bits per heavy atom. The lowest BCUT2D eigenvalue weighted by Crippen LogP contribution is -2.42. The average molecular weight is 297 g/mol. The minimum absolute atomic E-state index is 0.0186. The van der Waals surface area contributed by atoms with Crippen LogP contribution in [0.5, 0.6) is 5.75 Å². The lowest BCUT2D eigenvalue weighted by atomic mass is 9.88. The maximum atomic E-state index is 13.6. The van der Waals surface area contributed by atoms with Gasteiger partial charge in [-0.25, -0.2) is 4.39 Å². The van der Waals surface area contributed by atoms with Crippen LogP contribution in [-0.2, 0) is 0 Å². The lowest BCUT2D eigenvalue weighted by molar-refractivity contribution is 0.0943. The molecule has 110 valence electrons. The van der Waals surface area contributed by atoms with Crippen molar-refractivity contribution in [3.05, 3.63) is 29.6 Å². The molecule has 1 saturated carbocycles. The highest BCUT2D eigenvalue weighted by atomic mass is 32.2. The first-order valence-corrected chi connectivity index (χ1v) is 8.11.